The molecule has 11 heteroatoms. The van der Waals surface area contributed by atoms with Crippen molar-refractivity contribution in [3.63, 3.8) is 0 Å². The number of carbonyl (C=O) groups is 2. The van der Waals surface area contributed by atoms with Gasteiger partial charge in [0.1, 0.15) is 5.69 Å². The molecule has 2 aliphatic rings. The maximum absolute atomic E-state index is 13.1. The lowest BCUT2D eigenvalue weighted by atomic mass is 10.0. The zero-order valence-electron chi connectivity index (χ0n) is 20.2. The lowest BCUT2D eigenvalue weighted by molar-refractivity contribution is -0.118. The molecule has 2 amide bonds. The number of nitrogens with one attached hydrogen (secondary N) is 1. The van der Waals surface area contributed by atoms with Crippen LogP contribution in [0.3, 0.4) is 0 Å². The molecular weight excluding hydrogens is 464 g/mol. The maximum atomic E-state index is 13.1. The zero-order valence-corrected chi connectivity index (χ0v) is 20.2. The van der Waals surface area contributed by atoms with Crippen molar-refractivity contribution >= 4 is 28.7 Å². The van der Waals surface area contributed by atoms with Crippen LogP contribution in [0.25, 0.3) is 11.0 Å². The fourth-order valence-electron chi connectivity index (χ4n) is 4.67. The summed E-state index contributed by atoms with van der Waals surface area (Å²) < 4.78 is 10.6. The van der Waals surface area contributed by atoms with Gasteiger partial charge in [-0.05, 0) is 37.1 Å². The van der Waals surface area contributed by atoms with Gasteiger partial charge >= 0.3 is 0 Å². The average Bonchev–Trinajstić information content (AvgIpc) is 2.91. The molecule has 2 aliphatic heterocycles. The number of hydrogen-bond donors (Lipinski definition) is 2. The lowest BCUT2D eigenvalue weighted by Crippen LogP contribution is -2.46. The van der Waals surface area contributed by atoms with Crippen molar-refractivity contribution in [2.45, 2.75) is 25.0 Å². The van der Waals surface area contributed by atoms with Crippen LogP contribution in [-0.2, 0) is 4.79 Å². The second-order valence-corrected chi connectivity index (χ2v) is 8.97. The topological polar surface area (TPSA) is 130 Å². The third-order valence-corrected chi connectivity index (χ3v) is 6.71. The minimum atomic E-state index is -0.733. The highest BCUT2D eigenvalue weighted by Gasteiger charge is 2.29. The molecule has 1 fully saturated rings. The highest BCUT2D eigenvalue weighted by molar-refractivity contribution is 5.97. The minimum absolute atomic E-state index is 0.0437. The average molecular weight is 493 g/mol. The molecular formula is C25H28N6O5. The number of aromatic nitrogens is 3. The van der Waals surface area contributed by atoms with Crippen LogP contribution in [0.15, 0.2) is 36.5 Å². The number of aliphatic hydroxyl groups excluding tert-OH is 1. The van der Waals surface area contributed by atoms with E-state index in [0.29, 0.717) is 34.8 Å². The highest BCUT2D eigenvalue weighted by Crippen LogP contribution is 2.28. The van der Waals surface area contributed by atoms with E-state index >= 15 is 0 Å². The van der Waals surface area contributed by atoms with Crippen molar-refractivity contribution in [3.05, 3.63) is 47.8 Å². The minimum Gasteiger partial charge on any atom is -0.481 e. The van der Waals surface area contributed by atoms with Gasteiger partial charge in [0.05, 0.1) is 24.2 Å². The first-order chi connectivity index (χ1) is 17.4. The zero-order chi connectivity index (χ0) is 25.2. The summed E-state index contributed by atoms with van der Waals surface area (Å²) in [6, 6.07) is 8.67. The second-order valence-electron chi connectivity index (χ2n) is 8.97. The van der Waals surface area contributed by atoms with Crippen molar-refractivity contribution in [2.24, 2.45) is 0 Å². The summed E-state index contributed by atoms with van der Waals surface area (Å²) in [6.45, 7) is 1.87. The quantitative estimate of drug-likeness (QED) is 0.527. The summed E-state index contributed by atoms with van der Waals surface area (Å²) in [5, 5.41) is 13.6. The summed E-state index contributed by atoms with van der Waals surface area (Å²) in [7, 11) is 3.33. The number of amides is 2. The van der Waals surface area contributed by atoms with Crippen molar-refractivity contribution in [1.29, 1.82) is 0 Å². The number of fused-ring (bicyclic) bond motifs is 2. The molecule has 3 aromatic heterocycles. The van der Waals surface area contributed by atoms with E-state index in [0.717, 1.165) is 25.9 Å². The molecule has 1 atom stereocenters. The van der Waals surface area contributed by atoms with Crippen molar-refractivity contribution < 1.29 is 24.2 Å². The molecule has 0 unspecified atom stereocenters. The molecule has 0 saturated carbocycles. The monoisotopic (exact) mass is 492 g/mol. The van der Waals surface area contributed by atoms with Gasteiger partial charge in [-0.2, -0.15) is 0 Å². The molecule has 0 bridgehead atoms. The summed E-state index contributed by atoms with van der Waals surface area (Å²) >= 11 is 0. The van der Waals surface area contributed by atoms with Crippen molar-refractivity contribution in [2.75, 3.05) is 45.7 Å². The first kappa shape index (κ1) is 23.9. The predicted octanol–water partition coefficient (Wildman–Crippen LogP) is 1.63. The third kappa shape index (κ3) is 4.79. The van der Waals surface area contributed by atoms with Crippen LogP contribution in [0, 0.1) is 0 Å². The Morgan fingerprint density at radius 1 is 1.25 bits per heavy atom. The van der Waals surface area contributed by atoms with Gasteiger partial charge in [0.25, 0.3) is 11.8 Å². The molecule has 0 radical (unpaired) electrons. The molecule has 5 rings (SSSR count). The van der Waals surface area contributed by atoms with E-state index in [1.807, 2.05) is 6.07 Å². The van der Waals surface area contributed by atoms with Gasteiger partial charge in [0.2, 0.25) is 5.88 Å². The normalized spacial score (nSPS) is 17.1. The molecule has 0 aliphatic carbocycles. The van der Waals surface area contributed by atoms with Crippen LogP contribution in [-0.4, -0.2) is 88.1 Å². The Morgan fingerprint density at radius 2 is 2.06 bits per heavy atom. The number of rotatable bonds is 6. The lowest BCUT2D eigenvalue weighted by Gasteiger charge is -2.37. The number of anilines is 1. The van der Waals surface area contributed by atoms with Crippen LogP contribution in [0.1, 0.15) is 35.0 Å². The molecule has 11 nitrogen and oxygen atoms in total. The fraction of sp³-hybridized carbons (Fsp3) is 0.400. The van der Waals surface area contributed by atoms with Gasteiger partial charge in [0.15, 0.2) is 18.2 Å². The van der Waals surface area contributed by atoms with Gasteiger partial charge in [-0.15, -0.1) is 0 Å². The van der Waals surface area contributed by atoms with Crippen LogP contribution < -0.4 is 14.8 Å². The van der Waals surface area contributed by atoms with Gasteiger partial charge in [-0.25, -0.2) is 9.97 Å². The summed E-state index contributed by atoms with van der Waals surface area (Å²) in [5.41, 5.74) is 2.30. The SMILES string of the molecule is COc1ccc2nccc([C@@H](O)CN3CCC(N(C)C(=O)c4ccc5c(n4)NC(=O)CO5)CC3)c2n1. The van der Waals surface area contributed by atoms with E-state index in [2.05, 4.69) is 25.2 Å². The summed E-state index contributed by atoms with van der Waals surface area (Å²) in [6.07, 6.45) is 2.48. The number of carbonyl (C=O) groups excluding carboxylic acids is 2. The molecule has 3 aromatic rings. The standard InChI is InChI=1S/C25H28N6O5/c1-30(25(34)18-3-5-20-24(27-18)28-21(33)14-36-20)15-8-11-31(12-9-15)13-19(32)16-7-10-26-17-4-6-22(35-2)29-23(16)17/h3-7,10,15,19,32H,8-9,11-14H2,1-2H3,(H,27,28,33)/t19-/m0/s1. The maximum Gasteiger partial charge on any atom is 0.272 e. The number of piperidine rings is 1. The fourth-order valence-corrected chi connectivity index (χ4v) is 4.67. The number of ether oxygens (including phenoxy) is 2. The van der Waals surface area contributed by atoms with Gasteiger partial charge < -0.3 is 29.7 Å². The van der Waals surface area contributed by atoms with E-state index in [9.17, 15) is 14.7 Å². The molecule has 188 valence electrons. The number of β-amino-alcohol motifs (C(OH)–C–C–N with tert-alkyl or cyclic N) is 1. The molecule has 1 saturated heterocycles. The smallest absolute Gasteiger partial charge is 0.272 e. The highest BCUT2D eigenvalue weighted by atomic mass is 16.5. The van der Waals surface area contributed by atoms with Gasteiger partial charge in [0, 0.05) is 50.6 Å². The Kier molecular flexibility index (Phi) is 6.66. The second kappa shape index (κ2) is 10.0. The molecule has 36 heavy (non-hydrogen) atoms. The number of nitrogens with zero attached hydrogens (tertiary/aromatic N) is 5. The van der Waals surface area contributed by atoms with Crippen LogP contribution in [0.4, 0.5) is 5.82 Å². The van der Waals surface area contributed by atoms with Crippen LogP contribution in [0.5, 0.6) is 11.6 Å². The Labute approximate surface area is 208 Å². The van der Waals surface area contributed by atoms with E-state index < -0.39 is 6.10 Å². The Bertz CT molecular complexity index is 1290. The van der Waals surface area contributed by atoms with E-state index in [1.54, 1.807) is 49.5 Å². The van der Waals surface area contributed by atoms with Gasteiger partial charge in [-0.3, -0.25) is 14.6 Å². The van der Waals surface area contributed by atoms with E-state index in [-0.39, 0.29) is 36.0 Å². The Balaban J connectivity index is 1.20. The number of methoxy groups -OCH3 is 1. The number of hydrogen-bond acceptors (Lipinski definition) is 9. The van der Waals surface area contributed by atoms with Crippen molar-refractivity contribution in [3.8, 4) is 11.6 Å². The molecule has 0 aromatic carbocycles. The Hall–Kier alpha value is -3.83. The summed E-state index contributed by atoms with van der Waals surface area (Å²) in [5.74, 6) is 0.693. The first-order valence-electron chi connectivity index (χ1n) is 11.8. The molecule has 2 N–H and O–H groups in total. The predicted molar refractivity (Wildman–Crippen MR) is 131 cm³/mol. The number of likely N-dealkylation sites (tertiary alicyclic amines) is 1. The Morgan fingerprint density at radius 3 is 2.83 bits per heavy atom. The number of aliphatic hydroxyl groups is 1. The van der Waals surface area contributed by atoms with Gasteiger partial charge in [-0.1, -0.05) is 0 Å². The van der Waals surface area contributed by atoms with E-state index in [4.69, 9.17) is 9.47 Å². The molecule has 0 spiro atoms. The molecule has 5 heterocycles. The third-order valence-electron chi connectivity index (χ3n) is 6.71. The van der Waals surface area contributed by atoms with Crippen LogP contribution >= 0.6 is 0 Å². The largest absolute Gasteiger partial charge is 0.481 e. The van der Waals surface area contributed by atoms with Crippen LogP contribution in [0.2, 0.25) is 0 Å². The van der Waals surface area contributed by atoms with E-state index in [1.165, 1.54) is 0 Å². The van der Waals surface area contributed by atoms with Crippen molar-refractivity contribution in [1.82, 2.24) is 24.8 Å². The first-order valence-corrected chi connectivity index (χ1v) is 11.8. The summed E-state index contributed by atoms with van der Waals surface area (Å²) in [4.78, 5) is 41.6. The number of pyridine rings is 3.